The number of benzene rings is 1. The lowest BCUT2D eigenvalue weighted by Gasteiger charge is -2.25. The Morgan fingerprint density at radius 3 is 2.47 bits per heavy atom. The van der Waals surface area contributed by atoms with E-state index >= 15 is 0 Å². The van der Waals surface area contributed by atoms with Crippen molar-refractivity contribution in [3.05, 3.63) is 35.9 Å². The van der Waals surface area contributed by atoms with Crippen LogP contribution in [0.15, 0.2) is 30.3 Å². The minimum Gasteiger partial charge on any atom is -0.396 e. The monoisotopic (exact) mass is 208 g/mol. The number of rotatable bonds is 6. The fraction of sp³-hybridized carbons (Fsp3) is 0.538. The molecular formula is C13H20O2. The van der Waals surface area contributed by atoms with Crippen LogP contribution >= 0.6 is 0 Å². The van der Waals surface area contributed by atoms with E-state index in [-0.39, 0.29) is 12.0 Å². The molecule has 0 fully saturated rings. The van der Waals surface area contributed by atoms with E-state index < -0.39 is 0 Å². The van der Waals surface area contributed by atoms with Gasteiger partial charge >= 0.3 is 0 Å². The molecule has 1 N–H and O–H groups in total. The van der Waals surface area contributed by atoms with Crippen molar-refractivity contribution in [2.24, 2.45) is 5.41 Å². The fourth-order valence-corrected chi connectivity index (χ4v) is 1.25. The largest absolute Gasteiger partial charge is 0.396 e. The Labute approximate surface area is 91.9 Å². The van der Waals surface area contributed by atoms with Crippen LogP contribution in [0, 0.1) is 5.41 Å². The summed E-state index contributed by atoms with van der Waals surface area (Å²) in [6.07, 6.45) is 0.929. The molecule has 0 aliphatic carbocycles. The Kier molecular flexibility index (Phi) is 4.79. The number of aliphatic hydroxyl groups is 1. The van der Waals surface area contributed by atoms with Gasteiger partial charge in [-0.15, -0.1) is 0 Å². The topological polar surface area (TPSA) is 29.5 Å². The first-order valence-corrected chi connectivity index (χ1v) is 5.43. The molecule has 1 rings (SSSR count). The Bertz CT molecular complexity index is 265. The second kappa shape index (κ2) is 5.89. The molecule has 1 atom stereocenters. The fourth-order valence-electron chi connectivity index (χ4n) is 1.25. The molecule has 0 radical (unpaired) electrons. The molecule has 1 aromatic rings. The van der Waals surface area contributed by atoms with Gasteiger partial charge in [-0.25, -0.2) is 0 Å². The van der Waals surface area contributed by atoms with Crippen molar-refractivity contribution in [2.45, 2.75) is 26.9 Å². The zero-order chi connectivity index (χ0) is 11.1. The van der Waals surface area contributed by atoms with E-state index in [0.717, 1.165) is 6.42 Å². The minimum absolute atomic E-state index is 0.102. The zero-order valence-electron chi connectivity index (χ0n) is 9.57. The molecule has 0 heterocycles. The van der Waals surface area contributed by atoms with E-state index in [1.807, 2.05) is 37.3 Å². The number of hydrogen-bond acceptors (Lipinski definition) is 2. The zero-order valence-corrected chi connectivity index (χ0v) is 9.57. The lowest BCUT2D eigenvalue weighted by molar-refractivity contribution is 0.00726. The van der Waals surface area contributed by atoms with Gasteiger partial charge < -0.3 is 9.84 Å². The summed E-state index contributed by atoms with van der Waals surface area (Å²) in [5, 5.41) is 9.20. The van der Waals surface area contributed by atoms with Crippen LogP contribution in [0.1, 0.15) is 25.8 Å². The van der Waals surface area contributed by atoms with E-state index in [1.165, 1.54) is 5.56 Å². The lowest BCUT2D eigenvalue weighted by atomic mass is 9.90. The molecule has 0 amide bonds. The molecule has 2 nitrogen and oxygen atoms in total. The summed E-state index contributed by atoms with van der Waals surface area (Å²) in [6, 6.07) is 10.1. The summed E-state index contributed by atoms with van der Waals surface area (Å²) in [5.41, 5.74) is 1.07. The molecule has 1 unspecified atom stereocenters. The van der Waals surface area contributed by atoms with E-state index in [0.29, 0.717) is 13.2 Å². The van der Waals surface area contributed by atoms with Gasteiger partial charge in [0.05, 0.1) is 19.8 Å². The van der Waals surface area contributed by atoms with Gasteiger partial charge in [0.2, 0.25) is 0 Å². The van der Waals surface area contributed by atoms with E-state index in [9.17, 15) is 5.11 Å². The average Bonchev–Trinajstić information content (AvgIpc) is 2.30. The Morgan fingerprint density at radius 1 is 1.27 bits per heavy atom. The highest BCUT2D eigenvalue weighted by Crippen LogP contribution is 2.20. The molecule has 1 aromatic carbocycles. The van der Waals surface area contributed by atoms with Gasteiger partial charge in [0.1, 0.15) is 0 Å². The maximum atomic E-state index is 9.20. The molecule has 0 aliphatic heterocycles. The first kappa shape index (κ1) is 12.2. The van der Waals surface area contributed by atoms with Gasteiger partial charge in [0.15, 0.2) is 0 Å². The van der Waals surface area contributed by atoms with Crippen molar-refractivity contribution in [1.82, 2.24) is 0 Å². The number of hydrogen-bond donors (Lipinski definition) is 1. The maximum absolute atomic E-state index is 9.20. The number of ether oxygens (including phenoxy) is 1. The molecule has 2 heteroatoms. The van der Waals surface area contributed by atoms with Crippen LogP contribution in [-0.2, 0) is 11.3 Å². The summed E-state index contributed by atoms with van der Waals surface area (Å²) in [5.74, 6) is 0. The summed E-state index contributed by atoms with van der Waals surface area (Å²) in [6.45, 7) is 5.52. The SMILES string of the molecule is CCC(C)(CO)COCc1ccccc1. The molecule has 0 bridgehead atoms. The van der Waals surface area contributed by atoms with Crippen molar-refractivity contribution in [2.75, 3.05) is 13.2 Å². The van der Waals surface area contributed by atoms with Crippen molar-refractivity contribution < 1.29 is 9.84 Å². The lowest BCUT2D eigenvalue weighted by Crippen LogP contribution is -2.26. The van der Waals surface area contributed by atoms with Gasteiger partial charge in [-0.05, 0) is 12.0 Å². The summed E-state index contributed by atoms with van der Waals surface area (Å²) in [7, 11) is 0. The van der Waals surface area contributed by atoms with Crippen LogP contribution in [0.2, 0.25) is 0 Å². The van der Waals surface area contributed by atoms with Gasteiger partial charge in [-0.1, -0.05) is 44.2 Å². The van der Waals surface area contributed by atoms with Crippen LogP contribution < -0.4 is 0 Å². The quantitative estimate of drug-likeness (QED) is 0.778. The normalized spacial score (nSPS) is 14.9. The summed E-state index contributed by atoms with van der Waals surface area (Å²) in [4.78, 5) is 0. The van der Waals surface area contributed by atoms with Crippen LogP contribution in [-0.4, -0.2) is 18.3 Å². The average molecular weight is 208 g/mol. The van der Waals surface area contributed by atoms with Crippen LogP contribution in [0.4, 0.5) is 0 Å². The van der Waals surface area contributed by atoms with E-state index in [4.69, 9.17) is 4.74 Å². The first-order chi connectivity index (χ1) is 7.20. The molecule has 0 saturated heterocycles. The van der Waals surface area contributed by atoms with Crippen molar-refractivity contribution >= 4 is 0 Å². The smallest absolute Gasteiger partial charge is 0.0717 e. The Hall–Kier alpha value is -0.860. The third-order valence-electron chi connectivity index (χ3n) is 2.80. The third kappa shape index (κ3) is 4.02. The van der Waals surface area contributed by atoms with Gasteiger partial charge in [0, 0.05) is 5.41 Å². The maximum Gasteiger partial charge on any atom is 0.0717 e. The second-order valence-corrected chi connectivity index (χ2v) is 4.30. The molecule has 0 aromatic heterocycles. The first-order valence-electron chi connectivity index (χ1n) is 5.43. The predicted octanol–water partition coefficient (Wildman–Crippen LogP) is 2.61. The van der Waals surface area contributed by atoms with Gasteiger partial charge in [0.25, 0.3) is 0 Å². The summed E-state index contributed by atoms with van der Waals surface area (Å²) < 4.78 is 5.61. The highest BCUT2D eigenvalue weighted by atomic mass is 16.5. The Balaban J connectivity index is 2.33. The highest BCUT2D eigenvalue weighted by molar-refractivity contribution is 5.13. The summed E-state index contributed by atoms with van der Waals surface area (Å²) >= 11 is 0. The van der Waals surface area contributed by atoms with Crippen LogP contribution in [0.5, 0.6) is 0 Å². The van der Waals surface area contributed by atoms with E-state index in [2.05, 4.69) is 6.92 Å². The molecule has 84 valence electrons. The van der Waals surface area contributed by atoms with Gasteiger partial charge in [-0.3, -0.25) is 0 Å². The second-order valence-electron chi connectivity index (χ2n) is 4.30. The third-order valence-corrected chi connectivity index (χ3v) is 2.80. The minimum atomic E-state index is -0.102. The van der Waals surface area contributed by atoms with Crippen LogP contribution in [0.25, 0.3) is 0 Å². The van der Waals surface area contributed by atoms with Crippen LogP contribution in [0.3, 0.4) is 0 Å². The predicted molar refractivity (Wildman–Crippen MR) is 61.6 cm³/mol. The molecule has 15 heavy (non-hydrogen) atoms. The van der Waals surface area contributed by atoms with E-state index in [1.54, 1.807) is 0 Å². The van der Waals surface area contributed by atoms with Crippen molar-refractivity contribution in [3.63, 3.8) is 0 Å². The molecule has 0 aliphatic rings. The van der Waals surface area contributed by atoms with Crippen molar-refractivity contribution in [3.8, 4) is 0 Å². The number of aliphatic hydroxyl groups excluding tert-OH is 1. The molecular weight excluding hydrogens is 188 g/mol. The standard InChI is InChI=1S/C13H20O2/c1-3-13(2,10-14)11-15-9-12-7-5-4-6-8-12/h4-8,14H,3,9-11H2,1-2H3. The van der Waals surface area contributed by atoms with Crippen molar-refractivity contribution in [1.29, 1.82) is 0 Å². The molecule has 0 spiro atoms. The highest BCUT2D eigenvalue weighted by Gasteiger charge is 2.20. The van der Waals surface area contributed by atoms with Gasteiger partial charge in [-0.2, -0.15) is 0 Å². The Morgan fingerprint density at radius 2 is 1.93 bits per heavy atom. The molecule has 0 saturated carbocycles.